The molecule has 0 spiro atoms. The lowest BCUT2D eigenvalue weighted by atomic mass is 10.0. The van der Waals surface area contributed by atoms with Crippen LogP contribution in [0.25, 0.3) is 0 Å². The normalized spacial score (nSPS) is 27.5. The second kappa shape index (κ2) is 4.28. The standard InChI is InChI=1S/C10H20N2O2/c1-10(2)6-5-7(12-10)3-4-8(11)9(13)14/h7-8,12H,3-6,11H2,1-2H3,(H,13,14)/t7-,8+/m1/s1. The van der Waals surface area contributed by atoms with Gasteiger partial charge in [-0.1, -0.05) is 0 Å². The summed E-state index contributed by atoms with van der Waals surface area (Å²) in [6.07, 6.45) is 3.69. The highest BCUT2D eigenvalue weighted by Crippen LogP contribution is 2.24. The molecule has 0 aromatic heterocycles. The van der Waals surface area contributed by atoms with Crippen LogP contribution in [0.1, 0.15) is 39.5 Å². The van der Waals surface area contributed by atoms with Crippen molar-refractivity contribution >= 4 is 5.97 Å². The molecule has 4 heteroatoms. The number of carboxylic acids is 1. The number of carboxylic acid groups (broad SMARTS) is 1. The molecule has 0 amide bonds. The molecule has 1 fully saturated rings. The third-order valence-electron chi connectivity index (χ3n) is 2.86. The van der Waals surface area contributed by atoms with E-state index in [1.807, 2.05) is 0 Å². The van der Waals surface area contributed by atoms with Gasteiger partial charge in [0.1, 0.15) is 6.04 Å². The zero-order valence-corrected chi connectivity index (χ0v) is 8.92. The number of aliphatic carboxylic acids is 1. The number of nitrogens with one attached hydrogen (secondary N) is 1. The van der Waals surface area contributed by atoms with Crippen molar-refractivity contribution in [3.63, 3.8) is 0 Å². The number of hydrogen-bond acceptors (Lipinski definition) is 3. The first-order valence-electron chi connectivity index (χ1n) is 5.17. The Hall–Kier alpha value is -0.610. The van der Waals surface area contributed by atoms with Gasteiger partial charge in [0.25, 0.3) is 0 Å². The third-order valence-corrected chi connectivity index (χ3v) is 2.86. The Labute approximate surface area is 84.9 Å². The van der Waals surface area contributed by atoms with Gasteiger partial charge in [-0.25, -0.2) is 0 Å². The molecule has 82 valence electrons. The Morgan fingerprint density at radius 1 is 1.71 bits per heavy atom. The highest BCUT2D eigenvalue weighted by Gasteiger charge is 2.29. The first kappa shape index (κ1) is 11.5. The topological polar surface area (TPSA) is 75.4 Å². The Morgan fingerprint density at radius 2 is 2.36 bits per heavy atom. The van der Waals surface area contributed by atoms with E-state index in [0.717, 1.165) is 19.3 Å². The van der Waals surface area contributed by atoms with Crippen molar-refractivity contribution in [2.45, 2.75) is 57.2 Å². The van der Waals surface area contributed by atoms with Gasteiger partial charge >= 0.3 is 5.97 Å². The molecule has 1 aliphatic rings. The molecule has 0 aromatic rings. The second-order valence-electron chi connectivity index (χ2n) is 4.79. The molecule has 1 saturated heterocycles. The van der Waals surface area contributed by atoms with Crippen LogP contribution in [0.3, 0.4) is 0 Å². The summed E-state index contributed by atoms with van der Waals surface area (Å²) in [6.45, 7) is 4.34. The van der Waals surface area contributed by atoms with E-state index in [0.29, 0.717) is 12.5 Å². The largest absolute Gasteiger partial charge is 0.480 e. The molecule has 0 aliphatic carbocycles. The van der Waals surface area contributed by atoms with Gasteiger partial charge in [0.15, 0.2) is 0 Å². The molecule has 1 heterocycles. The predicted molar refractivity (Wildman–Crippen MR) is 55.1 cm³/mol. The zero-order chi connectivity index (χ0) is 10.8. The quantitative estimate of drug-likeness (QED) is 0.624. The summed E-state index contributed by atoms with van der Waals surface area (Å²) >= 11 is 0. The minimum absolute atomic E-state index is 0.206. The van der Waals surface area contributed by atoms with Crippen LogP contribution in [-0.4, -0.2) is 28.7 Å². The van der Waals surface area contributed by atoms with Gasteiger partial charge in [-0.3, -0.25) is 4.79 Å². The van der Waals surface area contributed by atoms with Gasteiger partial charge in [0.2, 0.25) is 0 Å². The summed E-state index contributed by atoms with van der Waals surface area (Å²) in [4.78, 5) is 10.5. The Morgan fingerprint density at radius 3 is 2.79 bits per heavy atom. The van der Waals surface area contributed by atoms with Gasteiger partial charge in [0.05, 0.1) is 0 Å². The molecule has 0 bridgehead atoms. The van der Waals surface area contributed by atoms with E-state index < -0.39 is 12.0 Å². The van der Waals surface area contributed by atoms with Crippen LogP contribution in [0.15, 0.2) is 0 Å². The average molecular weight is 200 g/mol. The minimum Gasteiger partial charge on any atom is -0.480 e. The highest BCUT2D eigenvalue weighted by atomic mass is 16.4. The molecular formula is C10H20N2O2. The molecule has 14 heavy (non-hydrogen) atoms. The van der Waals surface area contributed by atoms with Crippen LogP contribution in [0.2, 0.25) is 0 Å². The van der Waals surface area contributed by atoms with E-state index in [9.17, 15) is 4.79 Å². The van der Waals surface area contributed by atoms with E-state index >= 15 is 0 Å². The second-order valence-corrected chi connectivity index (χ2v) is 4.79. The summed E-state index contributed by atoms with van der Waals surface area (Å²) in [5.74, 6) is -0.901. The summed E-state index contributed by atoms with van der Waals surface area (Å²) in [7, 11) is 0. The third kappa shape index (κ3) is 3.27. The number of hydrogen-bond donors (Lipinski definition) is 3. The Balaban J connectivity index is 2.24. The Kier molecular flexibility index (Phi) is 3.50. The van der Waals surface area contributed by atoms with Crippen molar-refractivity contribution in [3.8, 4) is 0 Å². The average Bonchev–Trinajstić information content (AvgIpc) is 2.41. The Bertz CT molecular complexity index is 216. The van der Waals surface area contributed by atoms with E-state index in [-0.39, 0.29) is 5.54 Å². The number of nitrogens with two attached hydrogens (primary N) is 1. The van der Waals surface area contributed by atoms with Crippen molar-refractivity contribution in [2.24, 2.45) is 5.73 Å². The lowest BCUT2D eigenvalue weighted by Gasteiger charge is -2.20. The number of carbonyl (C=O) groups is 1. The lowest BCUT2D eigenvalue weighted by molar-refractivity contribution is -0.138. The molecule has 1 rings (SSSR count). The van der Waals surface area contributed by atoms with Crippen molar-refractivity contribution < 1.29 is 9.90 Å². The summed E-state index contributed by atoms with van der Waals surface area (Å²) < 4.78 is 0. The molecule has 4 nitrogen and oxygen atoms in total. The summed E-state index contributed by atoms with van der Waals surface area (Å²) in [5, 5.41) is 12.1. The molecule has 2 atom stereocenters. The lowest BCUT2D eigenvalue weighted by Crippen LogP contribution is -2.38. The fourth-order valence-corrected chi connectivity index (χ4v) is 1.95. The van der Waals surface area contributed by atoms with Crippen LogP contribution in [0.5, 0.6) is 0 Å². The maximum absolute atomic E-state index is 10.5. The van der Waals surface area contributed by atoms with Gasteiger partial charge in [0, 0.05) is 11.6 Å². The molecule has 0 unspecified atom stereocenters. The van der Waals surface area contributed by atoms with Gasteiger partial charge < -0.3 is 16.2 Å². The van der Waals surface area contributed by atoms with Crippen LogP contribution in [0.4, 0.5) is 0 Å². The van der Waals surface area contributed by atoms with E-state index in [2.05, 4.69) is 19.2 Å². The monoisotopic (exact) mass is 200 g/mol. The SMILES string of the molecule is CC1(C)CC[C@@H](CC[C@H](N)C(=O)O)N1. The van der Waals surface area contributed by atoms with Crippen LogP contribution < -0.4 is 11.1 Å². The maximum atomic E-state index is 10.5. The van der Waals surface area contributed by atoms with Gasteiger partial charge in [-0.05, 0) is 39.5 Å². The maximum Gasteiger partial charge on any atom is 0.320 e. The highest BCUT2D eigenvalue weighted by molar-refractivity contribution is 5.72. The molecule has 0 saturated carbocycles. The minimum atomic E-state index is -0.901. The molecule has 0 aromatic carbocycles. The van der Waals surface area contributed by atoms with Crippen LogP contribution in [0, 0.1) is 0 Å². The first-order chi connectivity index (χ1) is 6.41. The van der Waals surface area contributed by atoms with Gasteiger partial charge in [-0.2, -0.15) is 0 Å². The number of rotatable bonds is 4. The van der Waals surface area contributed by atoms with Gasteiger partial charge in [-0.15, -0.1) is 0 Å². The molecule has 4 N–H and O–H groups in total. The predicted octanol–water partition coefficient (Wildman–Crippen LogP) is 0.709. The van der Waals surface area contributed by atoms with Crippen LogP contribution in [-0.2, 0) is 4.79 Å². The van der Waals surface area contributed by atoms with Crippen molar-refractivity contribution in [1.29, 1.82) is 0 Å². The smallest absolute Gasteiger partial charge is 0.320 e. The first-order valence-corrected chi connectivity index (χ1v) is 5.17. The molecule has 1 aliphatic heterocycles. The summed E-state index contributed by atoms with van der Waals surface area (Å²) in [5.41, 5.74) is 5.64. The zero-order valence-electron chi connectivity index (χ0n) is 8.92. The van der Waals surface area contributed by atoms with E-state index in [1.165, 1.54) is 0 Å². The molecule has 0 radical (unpaired) electrons. The van der Waals surface area contributed by atoms with Crippen molar-refractivity contribution in [3.05, 3.63) is 0 Å². The van der Waals surface area contributed by atoms with Crippen molar-refractivity contribution in [1.82, 2.24) is 5.32 Å². The molecular weight excluding hydrogens is 180 g/mol. The van der Waals surface area contributed by atoms with E-state index in [1.54, 1.807) is 0 Å². The van der Waals surface area contributed by atoms with E-state index in [4.69, 9.17) is 10.8 Å². The van der Waals surface area contributed by atoms with Crippen molar-refractivity contribution in [2.75, 3.05) is 0 Å². The fraction of sp³-hybridized carbons (Fsp3) is 0.900. The fourth-order valence-electron chi connectivity index (χ4n) is 1.95. The van der Waals surface area contributed by atoms with Crippen LogP contribution >= 0.6 is 0 Å². The summed E-state index contributed by atoms with van der Waals surface area (Å²) in [6, 6.07) is -0.268.